The summed E-state index contributed by atoms with van der Waals surface area (Å²) in [5.74, 6) is -1.03. The summed E-state index contributed by atoms with van der Waals surface area (Å²) in [5.41, 5.74) is 1.86. The summed E-state index contributed by atoms with van der Waals surface area (Å²) in [7, 11) is 0. The Hall–Kier alpha value is -2.04. The Labute approximate surface area is 144 Å². The molecule has 0 bridgehead atoms. The average Bonchev–Trinajstić information content (AvgIpc) is 2.46. The smallest absolute Gasteiger partial charge is 0.338 e. The molecule has 2 rings (SSSR count). The van der Waals surface area contributed by atoms with E-state index in [4.69, 9.17) is 27.9 Å². The molecule has 0 aliphatic heterocycles. The van der Waals surface area contributed by atoms with Gasteiger partial charge < -0.3 is 10.1 Å². The van der Waals surface area contributed by atoms with E-state index in [1.165, 1.54) is 6.92 Å². The largest absolute Gasteiger partial charge is 0.449 e. The Morgan fingerprint density at radius 3 is 2.17 bits per heavy atom. The zero-order chi connectivity index (χ0) is 17.0. The Bertz CT molecular complexity index is 709. The highest BCUT2D eigenvalue weighted by Gasteiger charge is 2.19. The molecule has 0 heterocycles. The monoisotopic (exact) mass is 351 g/mol. The van der Waals surface area contributed by atoms with Crippen molar-refractivity contribution in [1.82, 2.24) is 0 Å². The standard InChI is InChI=1S/C17H15Cl2NO3/c1-10-3-5-12(6-4-10)17(22)23-11(2)16(21)20-15-8-13(18)7-14(19)9-15/h3-9,11H,1-2H3,(H,20,21)/t11-/m0/s1. The van der Waals surface area contributed by atoms with Crippen LogP contribution in [0.15, 0.2) is 42.5 Å². The first-order valence-corrected chi connectivity index (χ1v) is 7.65. The van der Waals surface area contributed by atoms with Gasteiger partial charge in [0.05, 0.1) is 5.56 Å². The summed E-state index contributed by atoms with van der Waals surface area (Å²) in [5, 5.41) is 3.40. The van der Waals surface area contributed by atoms with Crippen molar-refractivity contribution in [3.63, 3.8) is 0 Å². The zero-order valence-electron chi connectivity index (χ0n) is 12.6. The van der Waals surface area contributed by atoms with Crippen molar-refractivity contribution >= 4 is 40.8 Å². The number of carbonyl (C=O) groups excluding carboxylic acids is 2. The van der Waals surface area contributed by atoms with Crippen LogP contribution in [0, 0.1) is 6.92 Å². The Kier molecular flexibility index (Phi) is 5.64. The average molecular weight is 352 g/mol. The highest BCUT2D eigenvalue weighted by molar-refractivity contribution is 6.35. The van der Waals surface area contributed by atoms with E-state index in [1.807, 2.05) is 6.92 Å². The van der Waals surface area contributed by atoms with E-state index in [0.717, 1.165) is 5.56 Å². The SMILES string of the molecule is Cc1ccc(C(=O)O[C@@H](C)C(=O)Nc2cc(Cl)cc(Cl)c2)cc1. The first-order valence-electron chi connectivity index (χ1n) is 6.90. The molecule has 2 aromatic rings. The van der Waals surface area contributed by atoms with Crippen LogP contribution >= 0.6 is 23.2 Å². The van der Waals surface area contributed by atoms with Crippen LogP contribution in [0.5, 0.6) is 0 Å². The Balaban J connectivity index is 1.99. The van der Waals surface area contributed by atoms with Gasteiger partial charge in [0.2, 0.25) is 0 Å². The normalized spacial score (nSPS) is 11.7. The molecule has 23 heavy (non-hydrogen) atoms. The third-order valence-electron chi connectivity index (χ3n) is 3.07. The molecular weight excluding hydrogens is 337 g/mol. The van der Waals surface area contributed by atoms with Crippen molar-refractivity contribution in [3.05, 3.63) is 63.6 Å². The molecule has 0 radical (unpaired) electrons. The van der Waals surface area contributed by atoms with Gasteiger partial charge in [-0.25, -0.2) is 4.79 Å². The molecule has 4 nitrogen and oxygen atoms in total. The van der Waals surface area contributed by atoms with Gasteiger partial charge in [0.15, 0.2) is 6.10 Å². The second kappa shape index (κ2) is 7.49. The third-order valence-corrected chi connectivity index (χ3v) is 3.51. The van der Waals surface area contributed by atoms with E-state index in [2.05, 4.69) is 5.32 Å². The number of benzene rings is 2. The summed E-state index contributed by atoms with van der Waals surface area (Å²) < 4.78 is 5.15. The molecule has 0 unspecified atom stereocenters. The quantitative estimate of drug-likeness (QED) is 0.825. The van der Waals surface area contributed by atoms with Gasteiger partial charge in [0.25, 0.3) is 5.91 Å². The lowest BCUT2D eigenvalue weighted by Gasteiger charge is -2.14. The Morgan fingerprint density at radius 2 is 1.61 bits per heavy atom. The van der Waals surface area contributed by atoms with Gasteiger partial charge in [-0.1, -0.05) is 40.9 Å². The minimum absolute atomic E-state index is 0.390. The molecule has 120 valence electrons. The van der Waals surface area contributed by atoms with Gasteiger partial charge in [-0.15, -0.1) is 0 Å². The minimum atomic E-state index is -0.957. The van der Waals surface area contributed by atoms with Crippen LogP contribution in [0.3, 0.4) is 0 Å². The second-order valence-electron chi connectivity index (χ2n) is 5.06. The number of hydrogen-bond donors (Lipinski definition) is 1. The zero-order valence-corrected chi connectivity index (χ0v) is 14.1. The lowest BCUT2D eigenvalue weighted by Crippen LogP contribution is -2.30. The van der Waals surface area contributed by atoms with Crippen molar-refractivity contribution in [2.24, 2.45) is 0 Å². The molecule has 0 aliphatic carbocycles. The lowest BCUT2D eigenvalue weighted by atomic mass is 10.1. The lowest BCUT2D eigenvalue weighted by molar-refractivity contribution is -0.123. The number of nitrogens with one attached hydrogen (secondary N) is 1. The third kappa shape index (κ3) is 4.98. The number of esters is 1. The van der Waals surface area contributed by atoms with Crippen LogP contribution in [0.1, 0.15) is 22.8 Å². The fourth-order valence-corrected chi connectivity index (χ4v) is 2.37. The molecule has 2 aromatic carbocycles. The van der Waals surface area contributed by atoms with E-state index < -0.39 is 18.0 Å². The molecule has 1 N–H and O–H groups in total. The number of ether oxygens (including phenoxy) is 1. The summed E-state index contributed by atoms with van der Waals surface area (Å²) in [6, 6.07) is 11.6. The fraction of sp³-hybridized carbons (Fsp3) is 0.176. The van der Waals surface area contributed by atoms with Crippen molar-refractivity contribution in [2.75, 3.05) is 5.32 Å². The molecule has 0 saturated heterocycles. The molecule has 0 spiro atoms. The molecule has 1 amide bonds. The van der Waals surface area contributed by atoms with Crippen molar-refractivity contribution in [1.29, 1.82) is 0 Å². The molecular formula is C17H15Cl2NO3. The highest BCUT2D eigenvalue weighted by Crippen LogP contribution is 2.22. The van der Waals surface area contributed by atoms with Crippen LogP contribution in [0.2, 0.25) is 10.0 Å². The predicted octanol–water partition coefficient (Wildman–Crippen LogP) is 4.49. The molecule has 0 fully saturated rings. The number of carbonyl (C=O) groups is 2. The van der Waals surface area contributed by atoms with Gasteiger partial charge in [0.1, 0.15) is 0 Å². The van der Waals surface area contributed by atoms with Crippen LogP contribution in [-0.2, 0) is 9.53 Å². The van der Waals surface area contributed by atoms with Gasteiger partial charge in [-0.3, -0.25) is 4.79 Å². The maximum atomic E-state index is 12.1. The van der Waals surface area contributed by atoms with Gasteiger partial charge >= 0.3 is 5.97 Å². The minimum Gasteiger partial charge on any atom is -0.449 e. The van der Waals surface area contributed by atoms with E-state index in [1.54, 1.807) is 42.5 Å². The molecule has 0 aromatic heterocycles. The fourth-order valence-electron chi connectivity index (χ4n) is 1.84. The molecule has 0 aliphatic rings. The summed E-state index contributed by atoms with van der Waals surface area (Å²) in [4.78, 5) is 24.1. The Morgan fingerprint density at radius 1 is 1.04 bits per heavy atom. The van der Waals surface area contributed by atoms with Gasteiger partial charge in [-0.05, 0) is 44.2 Å². The van der Waals surface area contributed by atoms with E-state index in [-0.39, 0.29) is 0 Å². The van der Waals surface area contributed by atoms with Crippen LogP contribution in [-0.4, -0.2) is 18.0 Å². The van der Waals surface area contributed by atoms with E-state index in [9.17, 15) is 9.59 Å². The van der Waals surface area contributed by atoms with Crippen molar-refractivity contribution in [3.8, 4) is 0 Å². The molecule has 1 atom stereocenters. The number of anilines is 1. The number of rotatable bonds is 4. The van der Waals surface area contributed by atoms with Crippen LogP contribution in [0.4, 0.5) is 5.69 Å². The first-order chi connectivity index (χ1) is 10.8. The topological polar surface area (TPSA) is 55.4 Å². The molecule has 0 saturated carbocycles. The van der Waals surface area contributed by atoms with E-state index >= 15 is 0 Å². The number of hydrogen-bond acceptors (Lipinski definition) is 3. The van der Waals surface area contributed by atoms with Crippen LogP contribution < -0.4 is 5.32 Å². The van der Waals surface area contributed by atoms with Gasteiger partial charge in [-0.2, -0.15) is 0 Å². The van der Waals surface area contributed by atoms with Gasteiger partial charge in [0, 0.05) is 15.7 Å². The molecule has 6 heteroatoms. The van der Waals surface area contributed by atoms with E-state index in [0.29, 0.717) is 21.3 Å². The maximum Gasteiger partial charge on any atom is 0.338 e. The summed E-state index contributed by atoms with van der Waals surface area (Å²) in [6.07, 6.45) is -0.957. The second-order valence-corrected chi connectivity index (χ2v) is 5.93. The number of aryl methyl sites for hydroxylation is 1. The first kappa shape index (κ1) is 17.3. The number of amides is 1. The number of halogens is 2. The van der Waals surface area contributed by atoms with Crippen LogP contribution in [0.25, 0.3) is 0 Å². The summed E-state index contributed by atoms with van der Waals surface area (Å²) >= 11 is 11.7. The summed E-state index contributed by atoms with van der Waals surface area (Å²) in [6.45, 7) is 3.41. The van der Waals surface area contributed by atoms with Crippen molar-refractivity contribution < 1.29 is 14.3 Å². The maximum absolute atomic E-state index is 12.1. The van der Waals surface area contributed by atoms with Crippen molar-refractivity contribution in [2.45, 2.75) is 20.0 Å². The highest BCUT2D eigenvalue weighted by atomic mass is 35.5. The predicted molar refractivity (Wildman–Crippen MR) is 91.1 cm³/mol.